The van der Waals surface area contributed by atoms with E-state index in [9.17, 15) is 0 Å². The number of nitrogens with zero attached hydrogens (tertiary/aromatic N) is 2. The van der Waals surface area contributed by atoms with Crippen molar-refractivity contribution in [2.24, 2.45) is 0 Å². The van der Waals surface area contributed by atoms with Crippen LogP contribution < -0.4 is 15.5 Å². The highest BCUT2D eigenvalue weighted by Crippen LogP contribution is 2.33. The number of likely N-dealkylation sites (N-methyl/N-ethyl adjacent to an activating group) is 1. The second kappa shape index (κ2) is 5.37. The SMILES string of the molecule is CN1CCN(Cc2ccc(Br)cc2N)c2ccccc21. The van der Waals surface area contributed by atoms with Gasteiger partial charge < -0.3 is 15.5 Å². The molecule has 0 aliphatic carbocycles. The molecule has 1 heterocycles. The number of halogens is 1. The molecule has 0 atom stereocenters. The van der Waals surface area contributed by atoms with E-state index in [2.05, 4.69) is 63.1 Å². The maximum Gasteiger partial charge on any atom is 0.0607 e. The average Bonchev–Trinajstić information content (AvgIpc) is 2.45. The Labute approximate surface area is 128 Å². The van der Waals surface area contributed by atoms with Crippen molar-refractivity contribution in [3.63, 3.8) is 0 Å². The van der Waals surface area contributed by atoms with Gasteiger partial charge in [0.1, 0.15) is 0 Å². The molecule has 0 saturated carbocycles. The summed E-state index contributed by atoms with van der Waals surface area (Å²) >= 11 is 3.45. The fourth-order valence-electron chi connectivity index (χ4n) is 2.65. The van der Waals surface area contributed by atoms with Gasteiger partial charge in [-0.05, 0) is 29.8 Å². The lowest BCUT2D eigenvalue weighted by Crippen LogP contribution is -2.38. The summed E-state index contributed by atoms with van der Waals surface area (Å²) in [5.74, 6) is 0. The van der Waals surface area contributed by atoms with Crippen molar-refractivity contribution in [1.29, 1.82) is 0 Å². The first-order valence-corrected chi connectivity index (χ1v) is 7.53. The van der Waals surface area contributed by atoms with Gasteiger partial charge in [0, 0.05) is 36.8 Å². The van der Waals surface area contributed by atoms with Gasteiger partial charge in [0.15, 0.2) is 0 Å². The third-order valence-electron chi connectivity index (χ3n) is 3.81. The summed E-state index contributed by atoms with van der Waals surface area (Å²) in [6.45, 7) is 2.90. The minimum absolute atomic E-state index is 0.843. The Morgan fingerprint density at radius 3 is 2.60 bits per heavy atom. The van der Waals surface area contributed by atoms with Crippen LogP contribution in [-0.2, 0) is 6.54 Å². The molecule has 4 heteroatoms. The quantitative estimate of drug-likeness (QED) is 0.855. The first-order chi connectivity index (χ1) is 9.65. The van der Waals surface area contributed by atoms with Crippen LogP contribution in [0.5, 0.6) is 0 Å². The van der Waals surface area contributed by atoms with E-state index in [1.54, 1.807) is 0 Å². The molecule has 2 N–H and O–H groups in total. The minimum atomic E-state index is 0.843. The second-order valence-electron chi connectivity index (χ2n) is 5.17. The number of nitrogen functional groups attached to an aromatic ring is 1. The lowest BCUT2D eigenvalue weighted by Gasteiger charge is -2.37. The topological polar surface area (TPSA) is 32.5 Å². The number of nitrogens with two attached hydrogens (primary N) is 1. The Kier molecular flexibility index (Phi) is 3.57. The molecular weight excluding hydrogens is 314 g/mol. The van der Waals surface area contributed by atoms with Crippen molar-refractivity contribution in [2.45, 2.75) is 6.54 Å². The van der Waals surface area contributed by atoms with Crippen molar-refractivity contribution < 1.29 is 0 Å². The van der Waals surface area contributed by atoms with Crippen LogP contribution in [0.2, 0.25) is 0 Å². The van der Waals surface area contributed by atoms with Gasteiger partial charge in [-0.3, -0.25) is 0 Å². The van der Waals surface area contributed by atoms with E-state index in [0.717, 1.165) is 29.8 Å². The lowest BCUT2D eigenvalue weighted by atomic mass is 10.1. The highest BCUT2D eigenvalue weighted by atomic mass is 79.9. The largest absolute Gasteiger partial charge is 0.398 e. The molecule has 0 saturated heterocycles. The van der Waals surface area contributed by atoms with Crippen LogP contribution >= 0.6 is 15.9 Å². The van der Waals surface area contributed by atoms with Crippen LogP contribution in [0.15, 0.2) is 46.9 Å². The molecule has 0 aromatic heterocycles. The molecule has 1 aliphatic heterocycles. The van der Waals surface area contributed by atoms with E-state index in [-0.39, 0.29) is 0 Å². The van der Waals surface area contributed by atoms with E-state index >= 15 is 0 Å². The van der Waals surface area contributed by atoms with Gasteiger partial charge in [-0.2, -0.15) is 0 Å². The minimum Gasteiger partial charge on any atom is -0.398 e. The fraction of sp³-hybridized carbons (Fsp3) is 0.250. The summed E-state index contributed by atoms with van der Waals surface area (Å²) in [6.07, 6.45) is 0. The third kappa shape index (κ3) is 2.48. The molecule has 3 nitrogen and oxygen atoms in total. The Morgan fingerprint density at radius 2 is 1.85 bits per heavy atom. The number of hydrogen-bond donors (Lipinski definition) is 1. The Balaban J connectivity index is 1.90. The van der Waals surface area contributed by atoms with Crippen molar-refractivity contribution in [3.8, 4) is 0 Å². The van der Waals surface area contributed by atoms with Crippen LogP contribution in [-0.4, -0.2) is 20.1 Å². The van der Waals surface area contributed by atoms with Crippen molar-refractivity contribution in [1.82, 2.24) is 0 Å². The van der Waals surface area contributed by atoms with E-state index in [4.69, 9.17) is 5.73 Å². The fourth-order valence-corrected chi connectivity index (χ4v) is 3.02. The molecule has 2 aromatic carbocycles. The summed E-state index contributed by atoms with van der Waals surface area (Å²) in [5, 5.41) is 0. The lowest BCUT2D eigenvalue weighted by molar-refractivity contribution is 0.735. The van der Waals surface area contributed by atoms with Crippen LogP contribution in [0.25, 0.3) is 0 Å². The number of fused-ring (bicyclic) bond motifs is 1. The van der Waals surface area contributed by atoms with Gasteiger partial charge >= 0.3 is 0 Å². The molecule has 20 heavy (non-hydrogen) atoms. The first-order valence-electron chi connectivity index (χ1n) is 6.74. The van der Waals surface area contributed by atoms with Crippen LogP contribution in [0, 0.1) is 0 Å². The maximum atomic E-state index is 6.12. The molecule has 0 bridgehead atoms. The molecule has 3 rings (SSSR count). The average molecular weight is 332 g/mol. The van der Waals surface area contributed by atoms with Gasteiger partial charge in [0.2, 0.25) is 0 Å². The zero-order chi connectivity index (χ0) is 14.1. The van der Waals surface area contributed by atoms with Gasteiger partial charge in [0.25, 0.3) is 0 Å². The van der Waals surface area contributed by atoms with Gasteiger partial charge in [-0.25, -0.2) is 0 Å². The predicted octanol–water partition coefficient (Wildman–Crippen LogP) is 3.49. The van der Waals surface area contributed by atoms with E-state index in [1.165, 1.54) is 16.9 Å². The molecule has 0 unspecified atom stereocenters. The normalized spacial score (nSPS) is 14.3. The van der Waals surface area contributed by atoms with Crippen molar-refractivity contribution >= 4 is 33.0 Å². The summed E-state index contributed by atoms with van der Waals surface area (Å²) < 4.78 is 1.03. The highest BCUT2D eigenvalue weighted by molar-refractivity contribution is 9.10. The number of para-hydroxylation sites is 2. The number of anilines is 3. The summed E-state index contributed by atoms with van der Waals surface area (Å²) in [4.78, 5) is 4.70. The Hall–Kier alpha value is -1.68. The van der Waals surface area contributed by atoms with Crippen molar-refractivity contribution in [2.75, 3.05) is 35.7 Å². The molecule has 0 amide bonds. The summed E-state index contributed by atoms with van der Waals surface area (Å²) in [7, 11) is 2.14. The molecule has 0 fully saturated rings. The van der Waals surface area contributed by atoms with E-state index < -0.39 is 0 Å². The van der Waals surface area contributed by atoms with Crippen LogP contribution in [0.1, 0.15) is 5.56 Å². The third-order valence-corrected chi connectivity index (χ3v) is 4.30. The van der Waals surface area contributed by atoms with E-state index in [1.807, 2.05) is 12.1 Å². The first kappa shape index (κ1) is 13.3. The van der Waals surface area contributed by atoms with Gasteiger partial charge in [0.05, 0.1) is 11.4 Å². The number of rotatable bonds is 2. The zero-order valence-corrected chi connectivity index (χ0v) is 13.1. The van der Waals surface area contributed by atoms with Crippen LogP contribution in [0.4, 0.5) is 17.1 Å². The second-order valence-corrected chi connectivity index (χ2v) is 6.09. The summed E-state index contributed by atoms with van der Waals surface area (Å²) in [5.41, 5.74) is 10.7. The number of hydrogen-bond acceptors (Lipinski definition) is 3. The van der Waals surface area contributed by atoms with Crippen LogP contribution in [0.3, 0.4) is 0 Å². The predicted molar refractivity (Wildman–Crippen MR) is 89.3 cm³/mol. The molecular formula is C16H18BrN3. The summed E-state index contributed by atoms with van der Waals surface area (Å²) in [6, 6.07) is 14.7. The Bertz CT molecular complexity index is 627. The molecule has 2 aromatic rings. The standard InChI is InChI=1S/C16H18BrN3/c1-19-8-9-20(16-5-3-2-4-15(16)19)11-12-6-7-13(17)10-14(12)18/h2-7,10H,8-9,11,18H2,1H3. The van der Waals surface area contributed by atoms with Crippen molar-refractivity contribution in [3.05, 3.63) is 52.5 Å². The molecule has 104 valence electrons. The number of benzene rings is 2. The van der Waals surface area contributed by atoms with Gasteiger partial charge in [-0.15, -0.1) is 0 Å². The van der Waals surface area contributed by atoms with Gasteiger partial charge in [-0.1, -0.05) is 34.1 Å². The molecule has 0 spiro atoms. The smallest absolute Gasteiger partial charge is 0.0607 e. The maximum absolute atomic E-state index is 6.12. The molecule has 0 radical (unpaired) electrons. The Morgan fingerprint density at radius 1 is 1.10 bits per heavy atom. The monoisotopic (exact) mass is 331 g/mol. The zero-order valence-electron chi connectivity index (χ0n) is 11.5. The van der Waals surface area contributed by atoms with E-state index in [0.29, 0.717) is 0 Å². The molecule has 1 aliphatic rings. The highest BCUT2D eigenvalue weighted by Gasteiger charge is 2.20.